The van der Waals surface area contributed by atoms with Gasteiger partial charge in [-0.2, -0.15) is 0 Å². The third kappa shape index (κ3) is 2.73. The van der Waals surface area contributed by atoms with E-state index in [4.69, 9.17) is 16.3 Å². The molecule has 0 radical (unpaired) electrons. The van der Waals surface area contributed by atoms with Crippen molar-refractivity contribution in [3.63, 3.8) is 0 Å². The van der Waals surface area contributed by atoms with Crippen LogP contribution in [0.3, 0.4) is 0 Å². The molecule has 1 saturated heterocycles. The van der Waals surface area contributed by atoms with E-state index in [1.165, 1.54) is 0 Å². The molecule has 0 N–H and O–H groups in total. The second-order valence-electron chi connectivity index (χ2n) is 4.50. The first kappa shape index (κ1) is 12.8. The SMILES string of the molecule is C[C@H]1CN(c2nnc(-c3ccccc3Cl)s2)CCO1. The van der Waals surface area contributed by atoms with Crippen molar-refractivity contribution in [2.75, 3.05) is 24.6 Å². The Hall–Kier alpha value is -1.17. The molecule has 0 unspecified atom stereocenters. The molecule has 19 heavy (non-hydrogen) atoms. The highest BCUT2D eigenvalue weighted by molar-refractivity contribution is 7.18. The van der Waals surface area contributed by atoms with Crippen LogP contribution in [0.2, 0.25) is 5.02 Å². The number of anilines is 1. The van der Waals surface area contributed by atoms with E-state index in [1.54, 1.807) is 11.3 Å². The Morgan fingerprint density at radius 1 is 1.37 bits per heavy atom. The molecule has 0 aliphatic carbocycles. The summed E-state index contributed by atoms with van der Waals surface area (Å²) in [6.07, 6.45) is 0.237. The van der Waals surface area contributed by atoms with E-state index in [-0.39, 0.29) is 6.10 Å². The molecular weight excluding hydrogens is 282 g/mol. The molecule has 1 aromatic heterocycles. The van der Waals surface area contributed by atoms with Gasteiger partial charge in [0.2, 0.25) is 5.13 Å². The van der Waals surface area contributed by atoms with Gasteiger partial charge < -0.3 is 9.64 Å². The number of benzene rings is 1. The molecule has 0 saturated carbocycles. The lowest BCUT2D eigenvalue weighted by Crippen LogP contribution is -2.41. The Labute approximate surface area is 121 Å². The minimum Gasteiger partial charge on any atom is -0.375 e. The van der Waals surface area contributed by atoms with E-state index in [0.29, 0.717) is 5.02 Å². The van der Waals surface area contributed by atoms with Crippen LogP contribution in [0.25, 0.3) is 10.6 Å². The summed E-state index contributed by atoms with van der Waals surface area (Å²) in [5.41, 5.74) is 0.939. The standard InChI is InChI=1S/C13H14ClN3OS/c1-9-8-17(6-7-18-9)13-16-15-12(19-13)10-4-2-3-5-11(10)14/h2-5,9H,6-8H2,1H3/t9-/m0/s1. The Morgan fingerprint density at radius 2 is 2.21 bits per heavy atom. The Morgan fingerprint density at radius 3 is 3.00 bits per heavy atom. The number of halogens is 1. The Balaban J connectivity index is 1.85. The molecule has 100 valence electrons. The van der Waals surface area contributed by atoms with E-state index in [2.05, 4.69) is 22.0 Å². The quantitative estimate of drug-likeness (QED) is 0.853. The van der Waals surface area contributed by atoms with Crippen molar-refractivity contribution in [2.45, 2.75) is 13.0 Å². The molecule has 2 aromatic rings. The lowest BCUT2D eigenvalue weighted by Gasteiger charge is -2.30. The van der Waals surface area contributed by atoms with E-state index in [9.17, 15) is 0 Å². The predicted octanol–water partition coefficient (Wildman–Crippen LogP) is 3.08. The fourth-order valence-electron chi connectivity index (χ4n) is 2.08. The number of morpholine rings is 1. The summed E-state index contributed by atoms with van der Waals surface area (Å²) in [4.78, 5) is 2.21. The first-order valence-corrected chi connectivity index (χ1v) is 7.38. The maximum Gasteiger partial charge on any atom is 0.208 e. The van der Waals surface area contributed by atoms with E-state index < -0.39 is 0 Å². The summed E-state index contributed by atoms with van der Waals surface area (Å²) in [6, 6.07) is 7.71. The zero-order valence-corrected chi connectivity index (χ0v) is 12.1. The van der Waals surface area contributed by atoms with Gasteiger partial charge in [-0.25, -0.2) is 0 Å². The molecule has 3 rings (SSSR count). The highest BCUT2D eigenvalue weighted by Crippen LogP contribution is 2.33. The van der Waals surface area contributed by atoms with Crippen molar-refractivity contribution in [3.8, 4) is 10.6 Å². The molecule has 1 atom stereocenters. The van der Waals surface area contributed by atoms with Crippen LogP contribution in [-0.2, 0) is 4.74 Å². The summed E-state index contributed by atoms with van der Waals surface area (Å²) >= 11 is 7.75. The molecule has 1 aliphatic heterocycles. The highest BCUT2D eigenvalue weighted by atomic mass is 35.5. The maximum atomic E-state index is 6.18. The average Bonchev–Trinajstić information content (AvgIpc) is 2.89. The fraction of sp³-hybridized carbons (Fsp3) is 0.385. The van der Waals surface area contributed by atoms with Crippen LogP contribution in [0.1, 0.15) is 6.92 Å². The van der Waals surface area contributed by atoms with E-state index >= 15 is 0 Å². The Kier molecular flexibility index (Phi) is 3.68. The van der Waals surface area contributed by atoms with Gasteiger partial charge in [0.05, 0.1) is 17.7 Å². The number of rotatable bonds is 2. The van der Waals surface area contributed by atoms with Crippen LogP contribution >= 0.6 is 22.9 Å². The number of aromatic nitrogens is 2. The summed E-state index contributed by atoms with van der Waals surface area (Å²) in [6.45, 7) is 4.53. The fourth-order valence-corrected chi connectivity index (χ4v) is 3.28. The molecule has 4 nitrogen and oxygen atoms in total. The third-order valence-corrected chi connectivity index (χ3v) is 4.38. The van der Waals surface area contributed by atoms with Gasteiger partial charge in [-0.05, 0) is 13.0 Å². The molecular formula is C13H14ClN3OS. The third-order valence-electron chi connectivity index (χ3n) is 3.03. The second kappa shape index (κ2) is 5.45. The Bertz CT molecular complexity index is 575. The van der Waals surface area contributed by atoms with Crippen molar-refractivity contribution >= 4 is 28.1 Å². The summed E-state index contributed by atoms with van der Waals surface area (Å²) < 4.78 is 5.53. The lowest BCUT2D eigenvalue weighted by atomic mass is 10.2. The topological polar surface area (TPSA) is 38.2 Å². The maximum absolute atomic E-state index is 6.18. The number of hydrogen-bond donors (Lipinski definition) is 0. The van der Waals surface area contributed by atoms with Gasteiger partial charge in [-0.1, -0.05) is 41.1 Å². The van der Waals surface area contributed by atoms with Gasteiger partial charge in [0, 0.05) is 18.7 Å². The number of hydrogen-bond acceptors (Lipinski definition) is 5. The number of nitrogens with zero attached hydrogens (tertiary/aromatic N) is 3. The monoisotopic (exact) mass is 295 g/mol. The smallest absolute Gasteiger partial charge is 0.208 e. The van der Waals surface area contributed by atoms with Gasteiger partial charge >= 0.3 is 0 Å². The van der Waals surface area contributed by atoms with Gasteiger partial charge in [-0.15, -0.1) is 10.2 Å². The molecule has 1 aromatic carbocycles. The van der Waals surface area contributed by atoms with Crippen molar-refractivity contribution in [1.82, 2.24) is 10.2 Å². The molecule has 1 aliphatic rings. The molecule has 2 heterocycles. The van der Waals surface area contributed by atoms with Crippen molar-refractivity contribution in [3.05, 3.63) is 29.3 Å². The summed E-state index contributed by atoms with van der Waals surface area (Å²) in [7, 11) is 0. The largest absolute Gasteiger partial charge is 0.375 e. The van der Waals surface area contributed by atoms with Crippen LogP contribution in [0.15, 0.2) is 24.3 Å². The van der Waals surface area contributed by atoms with Crippen LogP contribution < -0.4 is 4.90 Å². The van der Waals surface area contributed by atoms with E-state index in [1.807, 2.05) is 24.3 Å². The predicted molar refractivity (Wildman–Crippen MR) is 78.0 cm³/mol. The lowest BCUT2D eigenvalue weighted by molar-refractivity contribution is 0.0532. The van der Waals surface area contributed by atoms with Crippen LogP contribution in [0, 0.1) is 0 Å². The van der Waals surface area contributed by atoms with Crippen LogP contribution in [0.4, 0.5) is 5.13 Å². The highest BCUT2D eigenvalue weighted by Gasteiger charge is 2.20. The van der Waals surface area contributed by atoms with Gasteiger partial charge in [-0.3, -0.25) is 0 Å². The number of ether oxygens (including phenoxy) is 1. The average molecular weight is 296 g/mol. The van der Waals surface area contributed by atoms with Gasteiger partial charge in [0.25, 0.3) is 0 Å². The minimum atomic E-state index is 0.237. The summed E-state index contributed by atoms with van der Waals surface area (Å²) in [5.74, 6) is 0. The van der Waals surface area contributed by atoms with E-state index in [0.717, 1.165) is 35.4 Å². The van der Waals surface area contributed by atoms with Crippen molar-refractivity contribution in [2.24, 2.45) is 0 Å². The first-order valence-electron chi connectivity index (χ1n) is 6.19. The normalized spacial score (nSPS) is 19.7. The second-order valence-corrected chi connectivity index (χ2v) is 5.86. The molecule has 0 bridgehead atoms. The molecule has 0 spiro atoms. The molecule has 0 amide bonds. The molecule has 1 fully saturated rings. The van der Waals surface area contributed by atoms with Crippen LogP contribution in [-0.4, -0.2) is 36.0 Å². The van der Waals surface area contributed by atoms with Gasteiger partial charge in [0.15, 0.2) is 5.01 Å². The zero-order chi connectivity index (χ0) is 13.2. The zero-order valence-electron chi connectivity index (χ0n) is 10.5. The summed E-state index contributed by atoms with van der Waals surface area (Å²) in [5, 5.41) is 11.0. The van der Waals surface area contributed by atoms with Crippen LogP contribution in [0.5, 0.6) is 0 Å². The molecule has 6 heteroatoms. The first-order chi connectivity index (χ1) is 9.24. The minimum absolute atomic E-state index is 0.237. The van der Waals surface area contributed by atoms with Crippen molar-refractivity contribution in [1.29, 1.82) is 0 Å². The van der Waals surface area contributed by atoms with Crippen molar-refractivity contribution < 1.29 is 4.74 Å². The van der Waals surface area contributed by atoms with Gasteiger partial charge in [0.1, 0.15) is 0 Å².